The summed E-state index contributed by atoms with van der Waals surface area (Å²) < 4.78 is 5.17. The highest BCUT2D eigenvalue weighted by atomic mass is 16.5. The van der Waals surface area contributed by atoms with Crippen LogP contribution in [0.25, 0.3) is 10.9 Å². The van der Waals surface area contributed by atoms with Gasteiger partial charge in [-0.05, 0) is 73.6 Å². The molecule has 1 amide bonds. The molecule has 1 atom stereocenters. The van der Waals surface area contributed by atoms with Gasteiger partial charge in [-0.3, -0.25) is 4.79 Å². The molecule has 1 aromatic heterocycles. The monoisotopic (exact) mass is 377 g/mol. The number of fused-ring (bicyclic) bond motifs is 3. The van der Waals surface area contributed by atoms with E-state index >= 15 is 0 Å². The summed E-state index contributed by atoms with van der Waals surface area (Å²) in [7, 11) is 1.66. The number of carbonyl (C=O) groups excluding carboxylic acids is 1. The van der Waals surface area contributed by atoms with Crippen molar-refractivity contribution in [2.24, 2.45) is 5.73 Å². The fraction of sp³-hybridized carbons (Fsp3) is 0.348. The van der Waals surface area contributed by atoms with Crippen LogP contribution in [0.2, 0.25) is 0 Å². The van der Waals surface area contributed by atoms with Gasteiger partial charge in [0.1, 0.15) is 5.75 Å². The first-order chi connectivity index (χ1) is 13.6. The minimum Gasteiger partial charge on any atom is -0.497 e. The minimum atomic E-state index is 0.0500. The Hall–Kier alpha value is -2.79. The number of rotatable bonds is 6. The molecule has 0 fully saturated rings. The van der Waals surface area contributed by atoms with E-state index in [1.165, 1.54) is 22.2 Å². The predicted molar refractivity (Wildman–Crippen MR) is 113 cm³/mol. The molecular formula is C23H27N3O2. The van der Waals surface area contributed by atoms with Gasteiger partial charge < -0.3 is 20.8 Å². The van der Waals surface area contributed by atoms with Crippen molar-refractivity contribution in [3.05, 3.63) is 59.3 Å². The van der Waals surface area contributed by atoms with Crippen molar-refractivity contribution in [1.29, 1.82) is 0 Å². The van der Waals surface area contributed by atoms with Crippen LogP contribution < -0.4 is 15.8 Å². The predicted octanol–water partition coefficient (Wildman–Crippen LogP) is 3.95. The lowest BCUT2D eigenvalue weighted by Crippen LogP contribution is -2.27. The van der Waals surface area contributed by atoms with Gasteiger partial charge in [-0.2, -0.15) is 0 Å². The molecule has 1 heterocycles. The summed E-state index contributed by atoms with van der Waals surface area (Å²) in [6.45, 7) is 0. The van der Waals surface area contributed by atoms with Crippen LogP contribution in [0.5, 0.6) is 5.75 Å². The number of anilines is 1. The molecule has 1 aliphatic rings. The Morgan fingerprint density at radius 3 is 2.86 bits per heavy atom. The Balaban J connectivity index is 1.36. The average Bonchev–Trinajstić information content (AvgIpc) is 3.06. The van der Waals surface area contributed by atoms with Crippen molar-refractivity contribution in [3.63, 3.8) is 0 Å². The third-order valence-corrected chi connectivity index (χ3v) is 5.54. The number of nitrogens with one attached hydrogen (secondary N) is 2. The van der Waals surface area contributed by atoms with Gasteiger partial charge in [0.25, 0.3) is 0 Å². The van der Waals surface area contributed by atoms with E-state index in [-0.39, 0.29) is 11.9 Å². The number of ether oxygens (including phenoxy) is 1. The summed E-state index contributed by atoms with van der Waals surface area (Å²) in [6.07, 6.45) is 5.11. The zero-order chi connectivity index (χ0) is 19.5. The first-order valence-corrected chi connectivity index (χ1v) is 9.94. The van der Waals surface area contributed by atoms with Crippen LogP contribution in [-0.4, -0.2) is 24.0 Å². The largest absolute Gasteiger partial charge is 0.497 e. The quantitative estimate of drug-likeness (QED) is 0.608. The highest BCUT2D eigenvalue weighted by Gasteiger charge is 2.20. The molecular weight excluding hydrogens is 350 g/mol. The zero-order valence-corrected chi connectivity index (χ0v) is 16.3. The number of hydrogen-bond donors (Lipinski definition) is 3. The molecule has 4 rings (SSSR count). The molecule has 4 N–H and O–H groups in total. The number of aromatic amines is 1. The summed E-state index contributed by atoms with van der Waals surface area (Å²) >= 11 is 0. The molecule has 0 bridgehead atoms. The normalized spacial score (nSPS) is 16.0. The van der Waals surface area contributed by atoms with E-state index in [1.807, 2.05) is 36.4 Å². The van der Waals surface area contributed by atoms with E-state index in [0.29, 0.717) is 6.42 Å². The van der Waals surface area contributed by atoms with E-state index in [9.17, 15) is 4.79 Å². The highest BCUT2D eigenvalue weighted by Crippen LogP contribution is 2.30. The van der Waals surface area contributed by atoms with Crippen LogP contribution in [-0.2, 0) is 24.1 Å². The SMILES string of the molecule is COc1ccc(CCCC(=O)Nc2ccc3[nH]c4c(c3c2)CC(N)CC4)cc1. The molecule has 3 aromatic rings. The minimum absolute atomic E-state index is 0.0500. The lowest BCUT2D eigenvalue weighted by molar-refractivity contribution is -0.116. The van der Waals surface area contributed by atoms with Crippen LogP contribution in [0.1, 0.15) is 36.1 Å². The Morgan fingerprint density at radius 1 is 1.25 bits per heavy atom. The first-order valence-electron chi connectivity index (χ1n) is 9.94. The lowest BCUT2D eigenvalue weighted by atomic mass is 9.92. The molecule has 1 unspecified atom stereocenters. The smallest absolute Gasteiger partial charge is 0.224 e. The van der Waals surface area contributed by atoms with Crippen molar-refractivity contribution < 1.29 is 9.53 Å². The van der Waals surface area contributed by atoms with Crippen LogP contribution in [0.4, 0.5) is 5.69 Å². The number of methoxy groups -OCH3 is 1. The van der Waals surface area contributed by atoms with Gasteiger partial charge in [0.15, 0.2) is 0 Å². The van der Waals surface area contributed by atoms with E-state index in [0.717, 1.165) is 49.1 Å². The lowest BCUT2D eigenvalue weighted by Gasteiger charge is -2.18. The van der Waals surface area contributed by atoms with E-state index in [1.54, 1.807) is 7.11 Å². The number of aromatic nitrogens is 1. The molecule has 146 valence electrons. The number of hydrogen-bond acceptors (Lipinski definition) is 3. The van der Waals surface area contributed by atoms with Crippen molar-refractivity contribution in [2.45, 2.75) is 44.6 Å². The second kappa shape index (κ2) is 8.07. The summed E-state index contributed by atoms with van der Waals surface area (Å²) in [5.41, 5.74) is 11.9. The topological polar surface area (TPSA) is 80.1 Å². The standard InChI is InChI=1S/C23H27N3O2/c1-28-18-9-5-15(6-10-18)3-2-4-23(27)25-17-8-12-22-20(14-17)19-13-16(24)7-11-21(19)26-22/h5-6,8-10,12,14,16,26H,2-4,7,11,13,24H2,1H3,(H,25,27). The van der Waals surface area contributed by atoms with Crippen molar-refractivity contribution in [1.82, 2.24) is 4.98 Å². The Labute approximate surface area is 165 Å². The number of H-pyrrole nitrogens is 1. The van der Waals surface area contributed by atoms with E-state index in [2.05, 4.69) is 16.4 Å². The second-order valence-corrected chi connectivity index (χ2v) is 7.60. The van der Waals surface area contributed by atoms with Crippen LogP contribution in [0, 0.1) is 0 Å². The Bertz CT molecular complexity index is 975. The molecule has 28 heavy (non-hydrogen) atoms. The second-order valence-electron chi connectivity index (χ2n) is 7.60. The summed E-state index contributed by atoms with van der Waals surface area (Å²) in [4.78, 5) is 15.9. The summed E-state index contributed by atoms with van der Waals surface area (Å²) in [5.74, 6) is 0.902. The maximum absolute atomic E-state index is 12.4. The fourth-order valence-corrected chi connectivity index (χ4v) is 3.99. The highest BCUT2D eigenvalue weighted by molar-refractivity contribution is 5.95. The molecule has 0 radical (unpaired) electrons. The molecule has 2 aromatic carbocycles. The van der Waals surface area contributed by atoms with Crippen LogP contribution in [0.3, 0.4) is 0 Å². The average molecular weight is 377 g/mol. The number of aryl methyl sites for hydroxylation is 2. The zero-order valence-electron chi connectivity index (χ0n) is 16.3. The Kier molecular flexibility index (Phi) is 5.35. The van der Waals surface area contributed by atoms with Crippen molar-refractivity contribution in [3.8, 4) is 5.75 Å². The van der Waals surface area contributed by atoms with Crippen molar-refractivity contribution in [2.75, 3.05) is 12.4 Å². The maximum Gasteiger partial charge on any atom is 0.224 e. The van der Waals surface area contributed by atoms with Gasteiger partial charge in [-0.15, -0.1) is 0 Å². The molecule has 0 saturated heterocycles. The number of amides is 1. The summed E-state index contributed by atoms with van der Waals surface area (Å²) in [6, 6.07) is 14.3. The first kappa shape index (κ1) is 18.6. The van der Waals surface area contributed by atoms with Gasteiger partial charge >= 0.3 is 0 Å². The van der Waals surface area contributed by atoms with Crippen LogP contribution in [0.15, 0.2) is 42.5 Å². The molecule has 0 spiro atoms. The van der Waals surface area contributed by atoms with Gasteiger partial charge in [0.2, 0.25) is 5.91 Å². The molecule has 5 nitrogen and oxygen atoms in total. The number of benzene rings is 2. The third-order valence-electron chi connectivity index (χ3n) is 5.54. The Morgan fingerprint density at radius 2 is 2.07 bits per heavy atom. The number of carbonyl (C=O) groups is 1. The van der Waals surface area contributed by atoms with Gasteiger partial charge in [0, 0.05) is 34.7 Å². The van der Waals surface area contributed by atoms with Crippen LogP contribution >= 0.6 is 0 Å². The van der Waals surface area contributed by atoms with Gasteiger partial charge in [-0.25, -0.2) is 0 Å². The van der Waals surface area contributed by atoms with Gasteiger partial charge in [0.05, 0.1) is 7.11 Å². The summed E-state index contributed by atoms with van der Waals surface area (Å²) in [5, 5.41) is 4.22. The molecule has 0 saturated carbocycles. The van der Waals surface area contributed by atoms with Crippen molar-refractivity contribution >= 4 is 22.5 Å². The molecule has 1 aliphatic carbocycles. The molecule has 5 heteroatoms. The van der Waals surface area contributed by atoms with Gasteiger partial charge in [-0.1, -0.05) is 12.1 Å². The number of nitrogens with two attached hydrogens (primary N) is 1. The molecule has 0 aliphatic heterocycles. The third kappa shape index (κ3) is 4.04. The maximum atomic E-state index is 12.4. The fourth-order valence-electron chi connectivity index (χ4n) is 3.99. The van der Waals surface area contributed by atoms with E-state index in [4.69, 9.17) is 10.5 Å². The van der Waals surface area contributed by atoms with E-state index < -0.39 is 0 Å².